The number of carbonyl (C=O) groups excluding carboxylic acids is 5. The summed E-state index contributed by atoms with van der Waals surface area (Å²) in [6, 6.07) is -5.36. The third-order valence-corrected chi connectivity index (χ3v) is 10.4. The zero-order valence-corrected chi connectivity index (χ0v) is 32.4. The molecule has 12 N–H and O–H groups in total. The summed E-state index contributed by atoms with van der Waals surface area (Å²) in [6.45, 7) is -1.53. The van der Waals surface area contributed by atoms with Gasteiger partial charge in [0.25, 0.3) is 0 Å². The van der Waals surface area contributed by atoms with Crippen LogP contribution in [0.25, 0.3) is 0 Å². The van der Waals surface area contributed by atoms with Crippen molar-refractivity contribution in [2.75, 3.05) is 24.6 Å². The van der Waals surface area contributed by atoms with Crippen molar-refractivity contribution in [1.29, 1.82) is 0 Å². The second kappa shape index (κ2) is 25.5. The topological polar surface area (TPSA) is 386 Å². The lowest BCUT2D eigenvalue weighted by molar-refractivity contribution is -0.140. The van der Waals surface area contributed by atoms with Crippen molar-refractivity contribution >= 4 is 76.8 Å². The number of thioether (sulfide) groups is 2. The minimum atomic E-state index is -1.35. The van der Waals surface area contributed by atoms with Crippen molar-refractivity contribution in [3.63, 3.8) is 0 Å². The molecule has 2 aromatic rings. The third kappa shape index (κ3) is 18.9. The van der Waals surface area contributed by atoms with E-state index in [0.29, 0.717) is 11.4 Å². The van der Waals surface area contributed by atoms with E-state index in [2.05, 4.69) is 41.2 Å². The highest BCUT2D eigenvalue weighted by Gasteiger charge is 2.30. The van der Waals surface area contributed by atoms with E-state index in [0.717, 1.165) is 23.5 Å². The Morgan fingerprint density at radius 1 is 0.603 bits per heavy atom. The number of rotatable bonds is 28. The van der Waals surface area contributed by atoms with Gasteiger partial charge in [-0.2, -0.15) is 0 Å². The standard InChI is InChI=1S/C33H44N10O13S2/c34-18(32(53)54)1-3-26(45)42-22(30(51)40-13-28(47)48)15-57-24(20-11-36-5-7-38-20)9-17(44)10-25(21-12-37-6-8-39-21)58-16-23(31(52)41-14-29(49)50)43-27(46)4-2-19(35)33(55)56/h5-8,11-12,18-19,22-25H,1-4,9-10,13-16,34-35H2,(H,40,51)(H,41,52)(H,42,45)(H,43,46)(H,47,48)(H,49,50)(H,53,54)(H,55,56)/t18-,19+,22-,23-,24?,25?/m0/s1. The Bertz CT molecular complexity index is 1620. The van der Waals surface area contributed by atoms with E-state index < -0.39 is 95.3 Å². The lowest BCUT2D eigenvalue weighted by Crippen LogP contribution is -2.49. The monoisotopic (exact) mass is 852 g/mol. The minimum absolute atomic E-state index is 0.205. The number of nitrogens with two attached hydrogens (primary N) is 2. The van der Waals surface area contributed by atoms with E-state index in [9.17, 15) is 43.2 Å². The summed E-state index contributed by atoms with van der Waals surface area (Å²) in [5.41, 5.74) is 11.6. The van der Waals surface area contributed by atoms with Crippen LogP contribution in [0.1, 0.15) is 60.4 Å². The molecule has 2 aromatic heterocycles. The molecule has 23 nitrogen and oxygen atoms in total. The molecule has 0 saturated heterocycles. The molecule has 316 valence electrons. The van der Waals surface area contributed by atoms with Crippen molar-refractivity contribution in [1.82, 2.24) is 41.2 Å². The second-order valence-electron chi connectivity index (χ2n) is 12.3. The largest absolute Gasteiger partial charge is 0.480 e. The SMILES string of the molecule is N[C@H](CCC(=O)N[C@@H](CSC(CC(=O)CC(SC[C@H](NC(=O)CC[C@H](N)C(=O)O)C(=O)NCC(=O)O)c1cnccn1)c1cnccn1)C(=O)NCC(=O)O)C(=O)O. The van der Waals surface area contributed by atoms with Crippen molar-refractivity contribution < 1.29 is 63.6 Å². The number of carbonyl (C=O) groups is 9. The fourth-order valence-electron chi connectivity index (χ4n) is 4.66. The molecule has 25 heteroatoms. The highest BCUT2D eigenvalue weighted by molar-refractivity contribution is 7.99. The summed E-state index contributed by atoms with van der Waals surface area (Å²) in [6.07, 6.45) is 6.61. The van der Waals surface area contributed by atoms with Gasteiger partial charge in [0.05, 0.1) is 21.9 Å². The zero-order chi connectivity index (χ0) is 43.2. The molecular formula is C33H44N10O13S2. The van der Waals surface area contributed by atoms with Crippen molar-refractivity contribution in [2.24, 2.45) is 11.5 Å². The lowest BCUT2D eigenvalue weighted by atomic mass is 10.1. The Morgan fingerprint density at radius 2 is 0.983 bits per heavy atom. The summed E-state index contributed by atoms with van der Waals surface area (Å²) >= 11 is 2.04. The smallest absolute Gasteiger partial charge is 0.322 e. The molecule has 0 bridgehead atoms. The number of ketones is 1. The van der Waals surface area contributed by atoms with Crippen LogP contribution in [-0.4, -0.2) is 142 Å². The molecule has 2 heterocycles. The summed E-state index contributed by atoms with van der Waals surface area (Å²) in [4.78, 5) is 126. The Balaban J connectivity index is 2.29. The van der Waals surface area contributed by atoms with Crippen LogP contribution in [0.15, 0.2) is 37.2 Å². The van der Waals surface area contributed by atoms with Crippen LogP contribution in [-0.2, 0) is 43.2 Å². The number of aromatic nitrogens is 4. The molecule has 58 heavy (non-hydrogen) atoms. The number of carboxylic acids is 4. The molecule has 0 fully saturated rings. The molecule has 0 aliphatic carbocycles. The summed E-state index contributed by atoms with van der Waals surface area (Å²) < 4.78 is 0. The Labute approximate surface area is 338 Å². The Hall–Kier alpha value is -5.79. The predicted octanol–water partition coefficient (Wildman–Crippen LogP) is -2.38. The van der Waals surface area contributed by atoms with E-state index in [-0.39, 0.29) is 55.8 Å². The maximum absolute atomic E-state index is 13.8. The van der Waals surface area contributed by atoms with Crippen LogP contribution in [0.5, 0.6) is 0 Å². The normalized spacial score (nSPS) is 14.0. The quantitative estimate of drug-likeness (QED) is 0.0427. The molecule has 0 aliphatic rings. The van der Waals surface area contributed by atoms with Crippen molar-refractivity contribution in [2.45, 2.75) is 73.2 Å². The molecule has 0 spiro atoms. The maximum Gasteiger partial charge on any atom is 0.322 e. The van der Waals surface area contributed by atoms with Gasteiger partial charge in [0.15, 0.2) is 0 Å². The van der Waals surface area contributed by atoms with Gasteiger partial charge in [-0.25, -0.2) is 0 Å². The first-order valence-corrected chi connectivity index (χ1v) is 19.4. The van der Waals surface area contributed by atoms with Gasteiger partial charge in [0.2, 0.25) is 23.6 Å². The minimum Gasteiger partial charge on any atom is -0.480 e. The molecule has 0 radical (unpaired) electrons. The molecule has 0 aromatic carbocycles. The number of amides is 4. The number of Topliss-reactive ketones (excluding diaryl/α,β-unsaturated/α-hetero) is 1. The Morgan fingerprint density at radius 3 is 1.29 bits per heavy atom. The van der Waals surface area contributed by atoms with Crippen LogP contribution < -0.4 is 32.7 Å². The number of hydrogen-bond acceptors (Lipinski definition) is 17. The molecule has 2 unspecified atom stereocenters. The number of nitrogens with zero attached hydrogens (tertiary/aromatic N) is 4. The summed E-state index contributed by atoms with van der Waals surface area (Å²) in [7, 11) is 0. The molecule has 0 saturated carbocycles. The van der Waals surface area contributed by atoms with Gasteiger partial charge in [0.1, 0.15) is 43.0 Å². The number of carboxylic acid groups (broad SMARTS) is 4. The fraction of sp³-hybridized carbons (Fsp3) is 0.485. The van der Waals surface area contributed by atoms with E-state index in [1.807, 2.05) is 0 Å². The number of aliphatic carboxylic acids is 4. The highest BCUT2D eigenvalue weighted by Crippen LogP contribution is 2.36. The van der Waals surface area contributed by atoms with Gasteiger partial charge < -0.3 is 53.2 Å². The second-order valence-corrected chi connectivity index (χ2v) is 14.8. The average Bonchev–Trinajstić information content (AvgIpc) is 3.19. The number of hydrogen-bond donors (Lipinski definition) is 10. The molecule has 4 amide bonds. The van der Waals surface area contributed by atoms with E-state index in [1.54, 1.807) is 0 Å². The fourth-order valence-corrected chi connectivity index (χ4v) is 7.18. The first kappa shape index (κ1) is 48.4. The highest BCUT2D eigenvalue weighted by atomic mass is 32.2. The lowest BCUT2D eigenvalue weighted by Gasteiger charge is -2.23. The van der Waals surface area contributed by atoms with Gasteiger partial charge in [-0.1, -0.05) is 0 Å². The van der Waals surface area contributed by atoms with Crippen LogP contribution in [0, 0.1) is 0 Å². The Kier molecular flexibility index (Phi) is 21.2. The van der Waals surface area contributed by atoms with Gasteiger partial charge in [0, 0.05) is 74.4 Å². The van der Waals surface area contributed by atoms with Gasteiger partial charge in [-0.05, 0) is 12.8 Å². The van der Waals surface area contributed by atoms with Crippen LogP contribution in [0.2, 0.25) is 0 Å². The number of nitrogens with one attached hydrogen (secondary N) is 4. The van der Waals surface area contributed by atoms with Crippen molar-refractivity contribution in [3.05, 3.63) is 48.6 Å². The van der Waals surface area contributed by atoms with Crippen LogP contribution in [0.4, 0.5) is 0 Å². The maximum atomic E-state index is 13.8. The third-order valence-electron chi connectivity index (χ3n) is 7.71. The zero-order valence-electron chi connectivity index (χ0n) is 30.7. The summed E-state index contributed by atoms with van der Waals surface area (Å²) in [5, 5.41) is 43.9. The average molecular weight is 853 g/mol. The molecular weight excluding hydrogens is 809 g/mol. The predicted molar refractivity (Wildman–Crippen MR) is 204 cm³/mol. The van der Waals surface area contributed by atoms with Gasteiger partial charge in [-0.3, -0.25) is 63.1 Å². The first-order chi connectivity index (χ1) is 27.5. The van der Waals surface area contributed by atoms with E-state index in [1.165, 1.54) is 37.2 Å². The van der Waals surface area contributed by atoms with Crippen LogP contribution >= 0.6 is 23.5 Å². The van der Waals surface area contributed by atoms with E-state index >= 15 is 0 Å². The van der Waals surface area contributed by atoms with Crippen LogP contribution in [0.3, 0.4) is 0 Å². The van der Waals surface area contributed by atoms with Gasteiger partial charge in [-0.15, -0.1) is 23.5 Å². The van der Waals surface area contributed by atoms with Gasteiger partial charge >= 0.3 is 23.9 Å². The molecule has 2 rings (SSSR count). The molecule has 0 aliphatic heterocycles. The molecule has 6 atom stereocenters. The van der Waals surface area contributed by atoms with Crippen molar-refractivity contribution in [3.8, 4) is 0 Å². The summed E-state index contributed by atoms with van der Waals surface area (Å²) in [5.74, 6) is -9.38. The first-order valence-electron chi connectivity index (χ1n) is 17.3. The van der Waals surface area contributed by atoms with E-state index in [4.69, 9.17) is 31.9 Å².